The van der Waals surface area contributed by atoms with E-state index in [9.17, 15) is 13.7 Å². The lowest BCUT2D eigenvalue weighted by Crippen LogP contribution is -2.39. The van der Waals surface area contributed by atoms with E-state index >= 15 is 0 Å². The van der Waals surface area contributed by atoms with Crippen molar-refractivity contribution in [1.82, 2.24) is 0 Å². The van der Waals surface area contributed by atoms with Gasteiger partial charge >= 0.3 is 0 Å². The Morgan fingerprint density at radius 1 is 1.03 bits per heavy atom. The van der Waals surface area contributed by atoms with Crippen molar-refractivity contribution in [1.29, 1.82) is 5.26 Å². The Morgan fingerprint density at radius 2 is 1.71 bits per heavy atom. The number of hydrogen-bond donors (Lipinski definition) is 1. The zero-order valence-corrected chi connectivity index (χ0v) is 19.8. The standard InChI is InChI=1S/C27H23N3O4S/c1-2-33-20-14-12-19(13-15-20)24-22(16-28)27(29)34-25-21-10-6-7-11-23(21)30(35(31,32)26(24)25)17-18-8-4-3-5-9-18/h3-15,24H,2,17,29H2,1H3/t24-/m0/s1. The van der Waals surface area contributed by atoms with E-state index in [4.69, 9.17) is 15.2 Å². The maximum Gasteiger partial charge on any atom is 0.265 e. The predicted molar refractivity (Wildman–Crippen MR) is 133 cm³/mol. The van der Waals surface area contributed by atoms with Gasteiger partial charge in [-0.15, -0.1) is 0 Å². The first-order valence-electron chi connectivity index (χ1n) is 11.2. The largest absolute Gasteiger partial charge is 0.494 e. The van der Waals surface area contributed by atoms with E-state index in [0.717, 1.165) is 5.56 Å². The fourth-order valence-corrected chi connectivity index (χ4v) is 6.40. The molecule has 0 spiro atoms. The van der Waals surface area contributed by atoms with E-state index in [1.807, 2.05) is 43.3 Å². The van der Waals surface area contributed by atoms with Gasteiger partial charge in [0.05, 0.1) is 24.8 Å². The van der Waals surface area contributed by atoms with Crippen LogP contribution in [0.2, 0.25) is 0 Å². The third-order valence-electron chi connectivity index (χ3n) is 6.05. The van der Waals surface area contributed by atoms with E-state index in [1.165, 1.54) is 4.31 Å². The minimum atomic E-state index is -4.10. The number of ether oxygens (including phenoxy) is 2. The molecular weight excluding hydrogens is 462 g/mol. The van der Waals surface area contributed by atoms with E-state index in [0.29, 0.717) is 29.2 Å². The summed E-state index contributed by atoms with van der Waals surface area (Å²) in [6.45, 7) is 2.52. The zero-order chi connectivity index (χ0) is 24.6. The minimum absolute atomic E-state index is 0.00189. The van der Waals surface area contributed by atoms with Crippen LogP contribution in [0.4, 0.5) is 5.69 Å². The zero-order valence-electron chi connectivity index (χ0n) is 19.0. The third-order valence-corrected chi connectivity index (χ3v) is 7.93. The van der Waals surface area contributed by atoms with Crippen LogP contribution in [0.3, 0.4) is 0 Å². The molecule has 8 heteroatoms. The van der Waals surface area contributed by atoms with Crippen LogP contribution in [0.15, 0.2) is 95.2 Å². The second-order valence-electron chi connectivity index (χ2n) is 8.13. The van der Waals surface area contributed by atoms with Gasteiger partial charge in [0.1, 0.15) is 22.3 Å². The Hall–Kier alpha value is -4.22. The van der Waals surface area contributed by atoms with Gasteiger partial charge in [-0.3, -0.25) is 4.31 Å². The molecule has 2 heterocycles. The molecule has 0 bridgehead atoms. The number of hydrogen-bond acceptors (Lipinski definition) is 6. The first-order valence-corrected chi connectivity index (χ1v) is 12.6. The Labute approximate surface area is 204 Å². The Morgan fingerprint density at radius 3 is 2.40 bits per heavy atom. The van der Waals surface area contributed by atoms with Gasteiger partial charge in [0.15, 0.2) is 5.76 Å². The molecule has 0 fully saturated rings. The Kier molecular flexibility index (Phi) is 5.71. The second-order valence-corrected chi connectivity index (χ2v) is 9.97. The molecule has 0 saturated heterocycles. The van der Waals surface area contributed by atoms with Crippen LogP contribution in [0.25, 0.3) is 5.76 Å². The molecule has 2 aliphatic rings. The molecule has 2 N–H and O–H groups in total. The number of fused-ring (bicyclic) bond motifs is 2. The quantitative estimate of drug-likeness (QED) is 0.566. The van der Waals surface area contributed by atoms with E-state index in [2.05, 4.69) is 6.07 Å². The topological polar surface area (TPSA) is 106 Å². The average molecular weight is 486 g/mol. The maximum absolute atomic E-state index is 14.2. The summed E-state index contributed by atoms with van der Waals surface area (Å²) >= 11 is 0. The number of para-hydroxylation sites is 1. The van der Waals surface area contributed by atoms with Crippen molar-refractivity contribution in [2.75, 3.05) is 10.9 Å². The third kappa shape index (κ3) is 3.80. The molecule has 35 heavy (non-hydrogen) atoms. The van der Waals surface area contributed by atoms with Gasteiger partial charge in [0.25, 0.3) is 10.0 Å². The summed E-state index contributed by atoms with van der Waals surface area (Å²) in [5.41, 5.74) is 8.76. The number of anilines is 1. The van der Waals surface area contributed by atoms with Crippen LogP contribution in [-0.4, -0.2) is 15.0 Å². The summed E-state index contributed by atoms with van der Waals surface area (Å²) in [5, 5.41) is 9.97. The van der Waals surface area contributed by atoms with Crippen molar-refractivity contribution in [2.45, 2.75) is 19.4 Å². The number of sulfonamides is 1. The maximum atomic E-state index is 14.2. The molecule has 5 rings (SSSR count). The number of nitrogens with zero attached hydrogens (tertiary/aromatic N) is 2. The monoisotopic (exact) mass is 485 g/mol. The van der Waals surface area contributed by atoms with Gasteiger partial charge in [0, 0.05) is 5.56 Å². The number of rotatable bonds is 5. The summed E-state index contributed by atoms with van der Waals surface area (Å²) in [6, 6.07) is 25.6. The molecular formula is C27H23N3O4S. The van der Waals surface area contributed by atoms with E-state index in [-0.39, 0.29) is 28.7 Å². The fraction of sp³-hybridized carbons (Fsp3) is 0.148. The predicted octanol–water partition coefficient (Wildman–Crippen LogP) is 4.61. The molecule has 3 aromatic rings. The normalized spacial score (nSPS) is 18.3. The smallest absolute Gasteiger partial charge is 0.265 e. The van der Waals surface area contributed by atoms with Crippen molar-refractivity contribution in [3.8, 4) is 11.8 Å². The fourth-order valence-electron chi connectivity index (χ4n) is 4.49. The SMILES string of the molecule is CCOc1ccc([C@H]2C(C#N)=C(N)OC3=C2S(=O)(=O)N(Cc2ccccc2)c2ccccc23)cc1. The van der Waals surface area contributed by atoms with Gasteiger partial charge in [-0.25, -0.2) is 8.42 Å². The van der Waals surface area contributed by atoms with E-state index in [1.54, 1.807) is 42.5 Å². The summed E-state index contributed by atoms with van der Waals surface area (Å²) < 4.78 is 41.2. The molecule has 1 atom stereocenters. The summed E-state index contributed by atoms with van der Waals surface area (Å²) in [6.07, 6.45) is 0. The molecule has 7 nitrogen and oxygen atoms in total. The lowest BCUT2D eigenvalue weighted by atomic mass is 9.88. The number of nitriles is 1. The Bertz CT molecular complexity index is 1490. The van der Waals surface area contributed by atoms with Crippen molar-refractivity contribution >= 4 is 21.5 Å². The molecule has 3 aromatic carbocycles. The number of allylic oxidation sites excluding steroid dienone is 2. The molecule has 0 aromatic heterocycles. The van der Waals surface area contributed by atoms with Crippen LogP contribution < -0.4 is 14.8 Å². The summed E-state index contributed by atoms with van der Waals surface area (Å²) in [5.74, 6) is -0.224. The van der Waals surface area contributed by atoms with Crippen molar-refractivity contribution < 1.29 is 17.9 Å². The molecule has 0 saturated carbocycles. The van der Waals surface area contributed by atoms with Crippen LogP contribution >= 0.6 is 0 Å². The highest BCUT2D eigenvalue weighted by molar-refractivity contribution is 7.96. The van der Waals surface area contributed by atoms with Gasteiger partial charge < -0.3 is 15.2 Å². The first kappa shape index (κ1) is 22.6. The lowest BCUT2D eigenvalue weighted by molar-refractivity contribution is 0.340. The second kappa shape index (κ2) is 8.85. The number of nitrogens with two attached hydrogens (primary N) is 1. The molecule has 0 unspecified atom stereocenters. The molecule has 2 aliphatic heterocycles. The average Bonchev–Trinajstić information content (AvgIpc) is 2.87. The molecule has 0 amide bonds. The highest BCUT2D eigenvalue weighted by atomic mass is 32.2. The van der Waals surface area contributed by atoms with Gasteiger partial charge in [0.2, 0.25) is 5.88 Å². The van der Waals surface area contributed by atoms with Crippen LogP contribution in [-0.2, 0) is 21.3 Å². The molecule has 0 radical (unpaired) electrons. The highest BCUT2D eigenvalue weighted by Gasteiger charge is 2.47. The molecule has 0 aliphatic carbocycles. The first-order chi connectivity index (χ1) is 17.0. The van der Waals surface area contributed by atoms with Crippen molar-refractivity contribution in [2.24, 2.45) is 5.73 Å². The number of benzene rings is 3. The minimum Gasteiger partial charge on any atom is -0.494 e. The molecule has 176 valence electrons. The van der Waals surface area contributed by atoms with Gasteiger partial charge in [-0.2, -0.15) is 5.26 Å². The summed E-state index contributed by atoms with van der Waals surface area (Å²) in [4.78, 5) is 0.00189. The lowest BCUT2D eigenvalue weighted by Gasteiger charge is -2.38. The van der Waals surface area contributed by atoms with Gasteiger partial charge in [-0.1, -0.05) is 54.6 Å². The van der Waals surface area contributed by atoms with Crippen LogP contribution in [0.1, 0.15) is 29.5 Å². The van der Waals surface area contributed by atoms with Gasteiger partial charge in [-0.05, 0) is 42.3 Å². The highest BCUT2D eigenvalue weighted by Crippen LogP contribution is 2.51. The van der Waals surface area contributed by atoms with Crippen LogP contribution in [0, 0.1) is 11.3 Å². The Balaban J connectivity index is 1.72. The van der Waals surface area contributed by atoms with Crippen molar-refractivity contribution in [3.63, 3.8) is 0 Å². The summed E-state index contributed by atoms with van der Waals surface area (Å²) in [7, 11) is -4.10. The van der Waals surface area contributed by atoms with Crippen LogP contribution in [0.5, 0.6) is 5.75 Å². The van der Waals surface area contributed by atoms with Crippen molar-refractivity contribution in [3.05, 3.63) is 112 Å². The van der Waals surface area contributed by atoms with E-state index < -0.39 is 15.9 Å².